The summed E-state index contributed by atoms with van der Waals surface area (Å²) in [5.74, 6) is -0.259. The minimum atomic E-state index is -0.451. The number of ether oxygens (including phenoxy) is 2. The summed E-state index contributed by atoms with van der Waals surface area (Å²) in [6.07, 6.45) is 8.22. The Labute approximate surface area is 104 Å². The molecule has 2 heterocycles. The Kier molecular flexibility index (Phi) is 4.45. The molecule has 0 aromatic heterocycles. The Hall–Kier alpha value is -0.120. The van der Waals surface area contributed by atoms with E-state index >= 15 is 0 Å². The van der Waals surface area contributed by atoms with Crippen LogP contribution in [0.25, 0.3) is 0 Å². The topological polar surface area (TPSA) is 38.7 Å². The minimum absolute atomic E-state index is 0.192. The third-order valence-corrected chi connectivity index (χ3v) is 4.27. The number of hydrogen-bond donors (Lipinski definition) is 1. The van der Waals surface area contributed by atoms with Crippen LogP contribution in [0.4, 0.5) is 0 Å². The lowest BCUT2D eigenvalue weighted by molar-refractivity contribution is -0.249. The third kappa shape index (κ3) is 2.67. The molecule has 0 saturated carbocycles. The van der Waals surface area contributed by atoms with Crippen molar-refractivity contribution in [3.63, 3.8) is 0 Å². The van der Waals surface area contributed by atoms with E-state index in [4.69, 9.17) is 9.47 Å². The average Bonchev–Trinajstić information content (AvgIpc) is 2.91. The smallest absolute Gasteiger partial charge is 0.174 e. The van der Waals surface area contributed by atoms with Crippen molar-refractivity contribution >= 4 is 0 Å². The normalized spacial score (nSPS) is 37.6. The summed E-state index contributed by atoms with van der Waals surface area (Å²) >= 11 is 0. The predicted molar refractivity (Wildman–Crippen MR) is 66.7 cm³/mol. The molecule has 0 radical (unpaired) electrons. The second-order valence-corrected chi connectivity index (χ2v) is 5.50. The first-order chi connectivity index (χ1) is 8.24. The van der Waals surface area contributed by atoms with Gasteiger partial charge >= 0.3 is 0 Å². The monoisotopic (exact) mass is 242 g/mol. The van der Waals surface area contributed by atoms with Crippen LogP contribution < -0.4 is 0 Å². The first kappa shape index (κ1) is 13.3. The van der Waals surface area contributed by atoms with Gasteiger partial charge in [0.1, 0.15) is 0 Å². The lowest BCUT2D eigenvalue weighted by Gasteiger charge is -2.35. The quantitative estimate of drug-likeness (QED) is 0.746. The van der Waals surface area contributed by atoms with Crippen LogP contribution in [0.2, 0.25) is 0 Å². The molecule has 4 atom stereocenters. The molecule has 3 heteroatoms. The van der Waals surface area contributed by atoms with Gasteiger partial charge < -0.3 is 14.6 Å². The molecular formula is C14H26O3. The summed E-state index contributed by atoms with van der Waals surface area (Å²) in [6, 6.07) is 0. The van der Waals surface area contributed by atoms with Crippen molar-refractivity contribution in [2.75, 3.05) is 6.61 Å². The van der Waals surface area contributed by atoms with Gasteiger partial charge in [0.2, 0.25) is 0 Å². The summed E-state index contributed by atoms with van der Waals surface area (Å²) in [6.45, 7) is 4.58. The van der Waals surface area contributed by atoms with Gasteiger partial charge in [-0.05, 0) is 25.7 Å². The van der Waals surface area contributed by atoms with Gasteiger partial charge in [-0.1, -0.05) is 26.7 Å². The second kappa shape index (κ2) is 5.68. The highest BCUT2D eigenvalue weighted by Crippen LogP contribution is 2.49. The van der Waals surface area contributed by atoms with Crippen LogP contribution >= 0.6 is 0 Å². The highest BCUT2D eigenvalue weighted by molar-refractivity contribution is 4.96. The lowest BCUT2D eigenvalue weighted by Crippen LogP contribution is -2.42. The summed E-state index contributed by atoms with van der Waals surface area (Å²) in [4.78, 5) is 0. The zero-order chi connectivity index (χ0) is 12.3. The van der Waals surface area contributed by atoms with Crippen LogP contribution in [0.1, 0.15) is 58.8 Å². The number of rotatable bonds is 7. The van der Waals surface area contributed by atoms with Crippen molar-refractivity contribution in [3.05, 3.63) is 0 Å². The molecule has 2 rings (SSSR count). The van der Waals surface area contributed by atoms with E-state index < -0.39 is 5.79 Å². The second-order valence-electron chi connectivity index (χ2n) is 5.50. The molecule has 2 saturated heterocycles. The van der Waals surface area contributed by atoms with Gasteiger partial charge in [-0.3, -0.25) is 0 Å². The number of fused-ring (bicyclic) bond motifs is 2. The van der Waals surface area contributed by atoms with Crippen molar-refractivity contribution in [1.82, 2.24) is 0 Å². The molecule has 3 nitrogen and oxygen atoms in total. The van der Waals surface area contributed by atoms with E-state index in [1.165, 1.54) is 12.8 Å². The first-order valence-electron chi connectivity index (χ1n) is 7.20. The molecule has 100 valence electrons. The fourth-order valence-electron chi connectivity index (χ4n) is 3.18. The lowest BCUT2D eigenvalue weighted by atomic mass is 9.86. The van der Waals surface area contributed by atoms with Gasteiger partial charge in [0.15, 0.2) is 5.79 Å². The Bertz CT molecular complexity index is 244. The Morgan fingerprint density at radius 3 is 2.88 bits per heavy atom. The van der Waals surface area contributed by atoms with E-state index in [0.717, 1.165) is 32.1 Å². The summed E-state index contributed by atoms with van der Waals surface area (Å²) in [7, 11) is 0. The van der Waals surface area contributed by atoms with Crippen LogP contribution in [0.5, 0.6) is 0 Å². The third-order valence-electron chi connectivity index (χ3n) is 4.27. The summed E-state index contributed by atoms with van der Waals surface area (Å²) in [5, 5.41) is 9.45. The number of aliphatic hydroxyl groups excluding tert-OH is 1. The molecule has 0 aromatic rings. The highest BCUT2D eigenvalue weighted by Gasteiger charge is 2.55. The molecule has 2 fully saturated rings. The van der Waals surface area contributed by atoms with Crippen molar-refractivity contribution in [3.8, 4) is 0 Å². The maximum atomic E-state index is 9.45. The van der Waals surface area contributed by atoms with Crippen molar-refractivity contribution in [1.29, 1.82) is 0 Å². The van der Waals surface area contributed by atoms with Crippen LogP contribution in [0.3, 0.4) is 0 Å². The van der Waals surface area contributed by atoms with Gasteiger partial charge in [-0.15, -0.1) is 0 Å². The minimum Gasteiger partial charge on any atom is -0.396 e. The van der Waals surface area contributed by atoms with E-state index in [1.54, 1.807) is 0 Å². The molecule has 2 aliphatic rings. The van der Waals surface area contributed by atoms with Crippen molar-refractivity contribution in [2.24, 2.45) is 5.92 Å². The molecule has 0 aromatic carbocycles. The van der Waals surface area contributed by atoms with Crippen molar-refractivity contribution in [2.45, 2.75) is 76.8 Å². The maximum absolute atomic E-state index is 9.45. The number of aliphatic hydroxyl groups is 1. The van der Waals surface area contributed by atoms with Gasteiger partial charge in [0.25, 0.3) is 0 Å². The predicted octanol–water partition coefficient (Wildman–Crippen LogP) is 2.86. The molecule has 17 heavy (non-hydrogen) atoms. The van der Waals surface area contributed by atoms with E-state index in [2.05, 4.69) is 13.8 Å². The Balaban J connectivity index is 1.95. The first-order valence-corrected chi connectivity index (χ1v) is 7.20. The maximum Gasteiger partial charge on any atom is 0.174 e. The fraction of sp³-hybridized carbons (Fsp3) is 1.00. The summed E-state index contributed by atoms with van der Waals surface area (Å²) in [5.41, 5.74) is 0. The standard InChI is InChI=1S/C14H26O3/c1-3-5-6-12(4-2)16-14-8-7-13(17-14)9-11(14)10-15/h11-13,15H,3-10H2,1-2H3/t11-,12+,13-,14+/m0/s1. The Morgan fingerprint density at radius 2 is 2.29 bits per heavy atom. The molecule has 1 N–H and O–H groups in total. The molecule has 0 unspecified atom stereocenters. The molecule has 2 bridgehead atoms. The van der Waals surface area contributed by atoms with Gasteiger partial charge in [0, 0.05) is 12.3 Å². The Morgan fingerprint density at radius 1 is 1.47 bits per heavy atom. The number of hydrogen-bond acceptors (Lipinski definition) is 3. The van der Waals surface area contributed by atoms with Crippen LogP contribution in [-0.4, -0.2) is 29.7 Å². The highest BCUT2D eigenvalue weighted by atomic mass is 16.7. The summed E-state index contributed by atoms with van der Waals surface area (Å²) < 4.78 is 12.3. The van der Waals surface area contributed by atoms with E-state index in [9.17, 15) is 5.11 Å². The van der Waals surface area contributed by atoms with Crippen LogP contribution in [0.15, 0.2) is 0 Å². The van der Waals surface area contributed by atoms with Crippen molar-refractivity contribution < 1.29 is 14.6 Å². The van der Waals surface area contributed by atoms with E-state index in [-0.39, 0.29) is 12.5 Å². The molecule has 0 amide bonds. The molecular weight excluding hydrogens is 216 g/mol. The molecule has 0 aliphatic carbocycles. The number of unbranched alkanes of at least 4 members (excludes halogenated alkanes) is 1. The van der Waals surface area contributed by atoms with Crippen LogP contribution in [-0.2, 0) is 9.47 Å². The largest absolute Gasteiger partial charge is 0.396 e. The zero-order valence-corrected chi connectivity index (χ0v) is 11.2. The SMILES string of the molecule is CCCC[C@@H](CC)O[C@@]12CC[C@@H](C[C@H]1CO)O2. The average molecular weight is 242 g/mol. The molecule has 0 spiro atoms. The van der Waals surface area contributed by atoms with Gasteiger partial charge in [-0.25, -0.2) is 0 Å². The molecule has 2 aliphatic heterocycles. The van der Waals surface area contributed by atoms with E-state index in [0.29, 0.717) is 12.2 Å². The van der Waals surface area contributed by atoms with E-state index in [1.807, 2.05) is 0 Å². The van der Waals surface area contributed by atoms with Gasteiger partial charge in [-0.2, -0.15) is 0 Å². The van der Waals surface area contributed by atoms with Crippen LogP contribution in [0, 0.1) is 5.92 Å². The zero-order valence-electron chi connectivity index (χ0n) is 11.2. The fourth-order valence-corrected chi connectivity index (χ4v) is 3.18. The van der Waals surface area contributed by atoms with Gasteiger partial charge in [0.05, 0.1) is 18.8 Å².